The molecule has 0 aliphatic carbocycles. The van der Waals surface area contributed by atoms with Crippen LogP contribution in [0.15, 0.2) is 6.20 Å². The van der Waals surface area contributed by atoms with Crippen LogP contribution in [0, 0.1) is 12.8 Å². The van der Waals surface area contributed by atoms with E-state index in [1.165, 1.54) is 0 Å². The predicted octanol–water partition coefficient (Wildman–Crippen LogP) is 0.190. The van der Waals surface area contributed by atoms with Gasteiger partial charge in [-0.2, -0.15) is 5.10 Å². The topological polar surface area (TPSA) is 69.8 Å². The van der Waals surface area contributed by atoms with E-state index in [9.17, 15) is 4.79 Å². The van der Waals surface area contributed by atoms with E-state index in [1.807, 2.05) is 20.9 Å². The number of carbonyl (C=O) groups is 1. The molecule has 84 valence electrons. The Morgan fingerprint density at radius 2 is 2.40 bits per heavy atom. The normalized spacial score (nSPS) is 12.5. The number of aromatic nitrogens is 2. The van der Waals surface area contributed by atoms with Crippen molar-refractivity contribution in [2.24, 2.45) is 5.92 Å². The van der Waals surface area contributed by atoms with Crippen LogP contribution in [0.5, 0.6) is 0 Å². The van der Waals surface area contributed by atoms with Crippen LogP contribution in [-0.2, 0) is 11.3 Å². The van der Waals surface area contributed by atoms with Crippen molar-refractivity contribution in [3.05, 3.63) is 17.5 Å². The number of aromatic amines is 1. The predicted molar refractivity (Wildman–Crippen MR) is 58.3 cm³/mol. The quantitative estimate of drug-likeness (QED) is 0.649. The molecule has 1 heterocycles. The van der Waals surface area contributed by atoms with Gasteiger partial charge in [-0.05, 0) is 14.0 Å². The van der Waals surface area contributed by atoms with Crippen LogP contribution >= 0.6 is 0 Å². The van der Waals surface area contributed by atoms with Gasteiger partial charge in [0.1, 0.15) is 0 Å². The number of hydrogen-bond acceptors (Lipinski definition) is 3. The zero-order chi connectivity index (χ0) is 11.3. The number of nitrogens with one attached hydrogen (secondary N) is 3. The molecule has 0 aliphatic heterocycles. The summed E-state index contributed by atoms with van der Waals surface area (Å²) in [6.45, 7) is 5.06. The maximum absolute atomic E-state index is 11.6. The average Bonchev–Trinajstić information content (AvgIpc) is 2.61. The minimum absolute atomic E-state index is 0.0118. The van der Waals surface area contributed by atoms with Gasteiger partial charge in [0.25, 0.3) is 0 Å². The van der Waals surface area contributed by atoms with Gasteiger partial charge in [0.05, 0.1) is 6.20 Å². The second-order valence-corrected chi connectivity index (χ2v) is 3.70. The maximum Gasteiger partial charge on any atom is 0.224 e. The molecule has 0 radical (unpaired) electrons. The van der Waals surface area contributed by atoms with Crippen LogP contribution in [-0.4, -0.2) is 29.7 Å². The zero-order valence-corrected chi connectivity index (χ0v) is 9.42. The van der Waals surface area contributed by atoms with Crippen molar-refractivity contribution < 1.29 is 4.79 Å². The maximum atomic E-state index is 11.6. The molecule has 0 fully saturated rings. The van der Waals surface area contributed by atoms with Crippen LogP contribution in [0.25, 0.3) is 0 Å². The van der Waals surface area contributed by atoms with Gasteiger partial charge in [-0.15, -0.1) is 0 Å². The fourth-order valence-electron chi connectivity index (χ4n) is 1.31. The van der Waals surface area contributed by atoms with Gasteiger partial charge in [-0.1, -0.05) is 6.92 Å². The molecule has 1 atom stereocenters. The first-order valence-corrected chi connectivity index (χ1v) is 5.06. The molecule has 1 rings (SSSR count). The van der Waals surface area contributed by atoms with Gasteiger partial charge in [-0.3, -0.25) is 9.89 Å². The van der Waals surface area contributed by atoms with E-state index in [4.69, 9.17) is 0 Å². The summed E-state index contributed by atoms with van der Waals surface area (Å²) in [7, 11) is 1.84. The fraction of sp³-hybridized carbons (Fsp3) is 0.600. The first kappa shape index (κ1) is 11.7. The van der Waals surface area contributed by atoms with Gasteiger partial charge < -0.3 is 10.6 Å². The van der Waals surface area contributed by atoms with E-state index in [2.05, 4.69) is 20.8 Å². The van der Waals surface area contributed by atoms with Crippen molar-refractivity contribution in [2.75, 3.05) is 13.6 Å². The van der Waals surface area contributed by atoms with Crippen molar-refractivity contribution in [3.63, 3.8) is 0 Å². The lowest BCUT2D eigenvalue weighted by molar-refractivity contribution is -0.124. The minimum Gasteiger partial charge on any atom is -0.352 e. The highest BCUT2D eigenvalue weighted by molar-refractivity contribution is 5.78. The first-order valence-electron chi connectivity index (χ1n) is 5.06. The summed E-state index contributed by atoms with van der Waals surface area (Å²) in [6, 6.07) is 0. The van der Waals surface area contributed by atoms with Crippen molar-refractivity contribution >= 4 is 5.91 Å². The molecule has 0 saturated carbocycles. The molecule has 0 bridgehead atoms. The van der Waals surface area contributed by atoms with Crippen molar-refractivity contribution in [1.29, 1.82) is 0 Å². The Balaban J connectivity index is 2.37. The van der Waals surface area contributed by atoms with E-state index in [1.54, 1.807) is 6.20 Å². The highest BCUT2D eigenvalue weighted by Crippen LogP contribution is 2.02. The molecule has 3 N–H and O–H groups in total. The Kier molecular flexibility index (Phi) is 4.30. The van der Waals surface area contributed by atoms with Gasteiger partial charge >= 0.3 is 0 Å². The molecular formula is C10H18N4O. The number of carbonyl (C=O) groups excluding carboxylic acids is 1. The smallest absolute Gasteiger partial charge is 0.224 e. The molecule has 0 aromatic carbocycles. The molecular weight excluding hydrogens is 192 g/mol. The minimum atomic E-state index is -0.0118. The number of nitrogens with zero attached hydrogens (tertiary/aromatic N) is 1. The molecule has 5 heteroatoms. The highest BCUT2D eigenvalue weighted by Gasteiger charge is 2.11. The standard InChI is InChI=1S/C10H18N4O/c1-7(4-11-3)10(15)12-5-9-6-13-14-8(9)2/h6-7,11H,4-5H2,1-3H3,(H,12,15)(H,13,14). The van der Waals surface area contributed by atoms with E-state index < -0.39 is 0 Å². The lowest BCUT2D eigenvalue weighted by Gasteiger charge is -2.10. The molecule has 0 spiro atoms. The third-order valence-corrected chi connectivity index (χ3v) is 2.35. The largest absolute Gasteiger partial charge is 0.352 e. The number of H-pyrrole nitrogens is 1. The van der Waals surface area contributed by atoms with Crippen molar-refractivity contribution in [1.82, 2.24) is 20.8 Å². The second kappa shape index (κ2) is 5.50. The Bertz CT molecular complexity index is 321. The molecule has 1 aromatic heterocycles. The molecule has 1 aromatic rings. The lowest BCUT2D eigenvalue weighted by Crippen LogP contribution is -2.33. The number of rotatable bonds is 5. The Morgan fingerprint density at radius 1 is 1.67 bits per heavy atom. The van der Waals surface area contributed by atoms with Gasteiger partial charge in [0.15, 0.2) is 0 Å². The van der Waals surface area contributed by atoms with Crippen LogP contribution in [0.4, 0.5) is 0 Å². The van der Waals surface area contributed by atoms with E-state index >= 15 is 0 Å². The van der Waals surface area contributed by atoms with Gasteiger partial charge in [-0.25, -0.2) is 0 Å². The fourth-order valence-corrected chi connectivity index (χ4v) is 1.31. The van der Waals surface area contributed by atoms with E-state index in [0.717, 1.165) is 11.3 Å². The first-order chi connectivity index (χ1) is 7.15. The average molecular weight is 210 g/mol. The molecule has 0 saturated heterocycles. The third-order valence-electron chi connectivity index (χ3n) is 2.35. The van der Waals surface area contributed by atoms with Crippen molar-refractivity contribution in [3.8, 4) is 0 Å². The number of aryl methyl sites for hydroxylation is 1. The molecule has 1 unspecified atom stereocenters. The Morgan fingerprint density at radius 3 is 2.93 bits per heavy atom. The van der Waals surface area contributed by atoms with E-state index in [-0.39, 0.29) is 11.8 Å². The van der Waals surface area contributed by atoms with Crippen LogP contribution in [0.1, 0.15) is 18.2 Å². The Labute approximate surface area is 89.6 Å². The molecule has 0 aliphatic rings. The molecule has 15 heavy (non-hydrogen) atoms. The second-order valence-electron chi connectivity index (χ2n) is 3.70. The molecule has 5 nitrogen and oxygen atoms in total. The summed E-state index contributed by atoms with van der Waals surface area (Å²) < 4.78 is 0. The Hall–Kier alpha value is -1.36. The number of amides is 1. The monoisotopic (exact) mass is 210 g/mol. The van der Waals surface area contributed by atoms with Crippen LogP contribution in [0.2, 0.25) is 0 Å². The third kappa shape index (κ3) is 3.36. The van der Waals surface area contributed by atoms with E-state index in [0.29, 0.717) is 13.1 Å². The summed E-state index contributed by atoms with van der Waals surface area (Å²) in [5.41, 5.74) is 2.02. The zero-order valence-electron chi connectivity index (χ0n) is 9.42. The van der Waals surface area contributed by atoms with Crippen LogP contribution < -0.4 is 10.6 Å². The number of hydrogen-bond donors (Lipinski definition) is 3. The summed E-state index contributed by atoms with van der Waals surface area (Å²) in [5.74, 6) is 0.0483. The highest BCUT2D eigenvalue weighted by atomic mass is 16.1. The summed E-state index contributed by atoms with van der Waals surface area (Å²) in [5, 5.41) is 12.6. The summed E-state index contributed by atoms with van der Waals surface area (Å²) >= 11 is 0. The van der Waals surface area contributed by atoms with Crippen molar-refractivity contribution in [2.45, 2.75) is 20.4 Å². The van der Waals surface area contributed by atoms with Crippen LogP contribution in [0.3, 0.4) is 0 Å². The lowest BCUT2D eigenvalue weighted by atomic mass is 10.1. The van der Waals surface area contributed by atoms with Gasteiger partial charge in [0, 0.05) is 30.3 Å². The summed E-state index contributed by atoms with van der Waals surface area (Å²) in [4.78, 5) is 11.6. The molecule has 1 amide bonds. The SMILES string of the molecule is CNCC(C)C(=O)NCc1cn[nH]c1C. The van der Waals surface area contributed by atoms with Gasteiger partial charge in [0.2, 0.25) is 5.91 Å². The summed E-state index contributed by atoms with van der Waals surface area (Å²) in [6.07, 6.45) is 1.73.